The molecular formula is C23H32N2O8. The molecule has 0 bridgehead atoms. The third-order valence-electron chi connectivity index (χ3n) is 5.45. The van der Waals surface area contributed by atoms with E-state index in [2.05, 4.69) is 0 Å². The molecule has 0 N–H and O–H groups in total. The van der Waals surface area contributed by atoms with Crippen LogP contribution < -0.4 is 0 Å². The molecule has 0 aromatic carbocycles. The number of methoxy groups -OCH3 is 3. The van der Waals surface area contributed by atoms with Crippen molar-refractivity contribution in [1.29, 1.82) is 0 Å². The summed E-state index contributed by atoms with van der Waals surface area (Å²) < 4.78 is 20.7. The molecule has 10 nitrogen and oxygen atoms in total. The summed E-state index contributed by atoms with van der Waals surface area (Å²) in [5, 5.41) is 0. The lowest BCUT2D eigenvalue weighted by molar-refractivity contribution is -0.139. The molecule has 2 aliphatic rings. The van der Waals surface area contributed by atoms with Crippen molar-refractivity contribution < 1.29 is 38.1 Å². The Morgan fingerprint density at radius 1 is 1.06 bits per heavy atom. The molecule has 2 rings (SSSR count). The average molecular weight is 465 g/mol. The molecule has 2 atom stereocenters. The van der Waals surface area contributed by atoms with Gasteiger partial charge in [-0.2, -0.15) is 0 Å². The Labute approximate surface area is 193 Å². The van der Waals surface area contributed by atoms with Gasteiger partial charge >= 0.3 is 18.0 Å². The van der Waals surface area contributed by atoms with Crippen LogP contribution in [0.2, 0.25) is 0 Å². The molecule has 10 heteroatoms. The number of allylic oxidation sites excluding steroid dienone is 1. The minimum Gasteiger partial charge on any atom is -0.493 e. The molecule has 1 fully saturated rings. The highest BCUT2D eigenvalue weighted by Crippen LogP contribution is 2.35. The molecule has 2 aliphatic heterocycles. The van der Waals surface area contributed by atoms with Gasteiger partial charge in [-0.25, -0.2) is 19.2 Å². The fraction of sp³-hybridized carbons (Fsp3) is 0.609. The zero-order valence-corrected chi connectivity index (χ0v) is 20.2. The van der Waals surface area contributed by atoms with E-state index >= 15 is 0 Å². The van der Waals surface area contributed by atoms with Crippen molar-refractivity contribution in [1.82, 2.24) is 9.80 Å². The van der Waals surface area contributed by atoms with E-state index in [0.29, 0.717) is 6.42 Å². The minimum atomic E-state index is -0.789. The van der Waals surface area contributed by atoms with Crippen molar-refractivity contribution in [3.05, 3.63) is 28.8 Å². The fourth-order valence-corrected chi connectivity index (χ4v) is 3.88. The molecule has 0 aromatic rings. The highest BCUT2D eigenvalue weighted by atomic mass is 16.6. The number of amides is 1. The SMILES string of the molecule is COC(=O)C1=CN(C2CCCC(C)N(C(=O)OC(C)(C)C)C2)C(C(=O)OC)=C(OC)C1=C=O. The zero-order chi connectivity index (χ0) is 24.9. The Morgan fingerprint density at radius 3 is 2.21 bits per heavy atom. The maximum atomic E-state index is 12.9. The van der Waals surface area contributed by atoms with Gasteiger partial charge in [-0.05, 0) is 47.0 Å². The van der Waals surface area contributed by atoms with Gasteiger partial charge in [0.15, 0.2) is 11.5 Å². The summed E-state index contributed by atoms with van der Waals surface area (Å²) in [5.74, 6) is -0.0336. The molecule has 182 valence electrons. The second-order valence-electron chi connectivity index (χ2n) is 8.86. The molecule has 0 aliphatic carbocycles. The van der Waals surface area contributed by atoms with Crippen LogP contribution in [0.3, 0.4) is 0 Å². The number of carbonyl (C=O) groups excluding carboxylic acids is 4. The number of ether oxygens (including phenoxy) is 4. The largest absolute Gasteiger partial charge is 0.493 e. The Hall–Kier alpha value is -3.26. The van der Waals surface area contributed by atoms with Crippen molar-refractivity contribution in [2.45, 2.75) is 64.6 Å². The Kier molecular flexibility index (Phi) is 8.33. The zero-order valence-electron chi connectivity index (χ0n) is 20.2. The van der Waals surface area contributed by atoms with Crippen LogP contribution >= 0.6 is 0 Å². The normalized spacial score (nSPS) is 21.5. The van der Waals surface area contributed by atoms with Crippen LogP contribution in [0.15, 0.2) is 28.8 Å². The highest BCUT2D eigenvalue weighted by molar-refractivity contribution is 6.01. The van der Waals surface area contributed by atoms with Gasteiger partial charge in [0.2, 0.25) is 0 Å². The molecule has 2 unspecified atom stereocenters. The van der Waals surface area contributed by atoms with Crippen LogP contribution in [-0.2, 0) is 33.3 Å². The monoisotopic (exact) mass is 464 g/mol. The van der Waals surface area contributed by atoms with E-state index in [4.69, 9.17) is 18.9 Å². The number of esters is 2. The van der Waals surface area contributed by atoms with Gasteiger partial charge in [-0.3, -0.25) is 0 Å². The molecule has 0 saturated carbocycles. The van der Waals surface area contributed by atoms with Crippen molar-refractivity contribution in [3.8, 4) is 0 Å². The summed E-state index contributed by atoms with van der Waals surface area (Å²) >= 11 is 0. The first-order valence-corrected chi connectivity index (χ1v) is 10.7. The number of hydrogen-bond acceptors (Lipinski definition) is 9. The third-order valence-corrected chi connectivity index (χ3v) is 5.45. The Bertz CT molecular complexity index is 908. The van der Waals surface area contributed by atoms with E-state index in [0.717, 1.165) is 12.8 Å². The van der Waals surface area contributed by atoms with Gasteiger partial charge < -0.3 is 28.7 Å². The second-order valence-corrected chi connectivity index (χ2v) is 8.86. The lowest BCUT2D eigenvalue weighted by Gasteiger charge is -2.38. The van der Waals surface area contributed by atoms with Crippen molar-refractivity contribution in [2.75, 3.05) is 27.9 Å². The van der Waals surface area contributed by atoms with E-state index in [1.807, 2.05) is 6.92 Å². The van der Waals surface area contributed by atoms with E-state index < -0.39 is 29.7 Å². The van der Waals surface area contributed by atoms with Gasteiger partial charge in [0.25, 0.3) is 0 Å². The van der Waals surface area contributed by atoms with E-state index in [1.54, 1.807) is 31.6 Å². The molecule has 0 spiro atoms. The number of rotatable bonds is 4. The van der Waals surface area contributed by atoms with Gasteiger partial charge in [0.05, 0.1) is 32.9 Å². The first-order valence-electron chi connectivity index (χ1n) is 10.7. The molecule has 0 radical (unpaired) electrons. The minimum absolute atomic E-state index is 0.0605. The van der Waals surface area contributed by atoms with Crippen LogP contribution in [-0.4, -0.2) is 79.3 Å². The maximum absolute atomic E-state index is 12.9. The number of carbonyl (C=O) groups is 3. The van der Waals surface area contributed by atoms with E-state index in [-0.39, 0.29) is 35.2 Å². The molecule has 1 amide bonds. The number of nitrogens with zero attached hydrogens (tertiary/aromatic N) is 2. The third kappa shape index (κ3) is 5.76. The second kappa shape index (κ2) is 10.6. The summed E-state index contributed by atoms with van der Waals surface area (Å²) in [6.45, 7) is 7.51. The summed E-state index contributed by atoms with van der Waals surface area (Å²) in [4.78, 5) is 52.9. The average Bonchev–Trinajstić information content (AvgIpc) is 2.96. The molecule has 0 aromatic heterocycles. The quantitative estimate of drug-likeness (QED) is 0.351. The topological polar surface area (TPSA) is 112 Å². The maximum Gasteiger partial charge on any atom is 0.410 e. The number of hydrogen-bond donors (Lipinski definition) is 0. The van der Waals surface area contributed by atoms with Crippen LogP contribution in [0, 0.1) is 0 Å². The van der Waals surface area contributed by atoms with Crippen molar-refractivity contribution in [3.63, 3.8) is 0 Å². The number of likely N-dealkylation sites (tertiary alicyclic amines) is 1. The highest BCUT2D eigenvalue weighted by Gasteiger charge is 2.40. The summed E-state index contributed by atoms with van der Waals surface area (Å²) in [5.41, 5.74) is -1.09. The van der Waals surface area contributed by atoms with E-state index in [1.165, 1.54) is 32.4 Å². The Balaban J connectivity index is 2.59. The molecular weight excluding hydrogens is 432 g/mol. The Morgan fingerprint density at radius 2 is 1.70 bits per heavy atom. The fourth-order valence-electron chi connectivity index (χ4n) is 3.88. The molecule has 1 saturated heterocycles. The predicted octanol–water partition coefficient (Wildman–Crippen LogP) is 2.33. The van der Waals surface area contributed by atoms with Crippen molar-refractivity contribution in [2.24, 2.45) is 0 Å². The van der Waals surface area contributed by atoms with Crippen LogP contribution in [0.1, 0.15) is 47.0 Å². The van der Waals surface area contributed by atoms with Gasteiger partial charge in [-0.1, -0.05) is 0 Å². The van der Waals surface area contributed by atoms with Crippen LogP contribution in [0.25, 0.3) is 0 Å². The summed E-state index contributed by atoms with van der Waals surface area (Å²) in [6.07, 6.45) is 2.95. The van der Waals surface area contributed by atoms with Crippen LogP contribution in [0.5, 0.6) is 0 Å². The predicted molar refractivity (Wildman–Crippen MR) is 117 cm³/mol. The van der Waals surface area contributed by atoms with Gasteiger partial charge in [0, 0.05) is 18.8 Å². The smallest absolute Gasteiger partial charge is 0.410 e. The summed E-state index contributed by atoms with van der Waals surface area (Å²) in [6, 6.07) is -0.536. The summed E-state index contributed by atoms with van der Waals surface area (Å²) in [7, 11) is 3.66. The van der Waals surface area contributed by atoms with Crippen molar-refractivity contribution >= 4 is 24.0 Å². The first kappa shape index (κ1) is 26.0. The molecule has 33 heavy (non-hydrogen) atoms. The van der Waals surface area contributed by atoms with E-state index in [9.17, 15) is 19.2 Å². The first-order chi connectivity index (χ1) is 15.5. The molecule has 2 heterocycles. The lowest BCUT2D eigenvalue weighted by atomic mass is 9.98. The lowest BCUT2D eigenvalue weighted by Crippen LogP contribution is -2.49. The van der Waals surface area contributed by atoms with Gasteiger partial charge in [-0.15, -0.1) is 0 Å². The van der Waals surface area contributed by atoms with Gasteiger partial charge in [0.1, 0.15) is 17.1 Å². The standard InChI is InChI=1S/C23H32N2O8/c1-14-9-8-10-15(11-24(14)22(29)33-23(2,3)4)25-12-16(20(27)31-6)17(13-26)19(30-5)18(25)21(28)32-7/h12,14-15H,8-11H2,1-7H3. The van der Waals surface area contributed by atoms with Crippen LogP contribution in [0.4, 0.5) is 4.79 Å².